The third-order valence-corrected chi connectivity index (χ3v) is 7.97. The van der Waals surface area contributed by atoms with Crippen LogP contribution in [0, 0.1) is 5.92 Å². The van der Waals surface area contributed by atoms with Crippen molar-refractivity contribution in [1.82, 2.24) is 14.5 Å². The van der Waals surface area contributed by atoms with Crippen LogP contribution in [0.1, 0.15) is 61.4 Å². The number of hydrogen-bond donors (Lipinski definition) is 0. The van der Waals surface area contributed by atoms with E-state index in [9.17, 15) is 8.42 Å². The summed E-state index contributed by atoms with van der Waals surface area (Å²) in [6.45, 7) is 2.96. The van der Waals surface area contributed by atoms with E-state index >= 15 is 0 Å². The molecule has 7 heteroatoms. The molecule has 1 aromatic rings. The van der Waals surface area contributed by atoms with E-state index in [1.54, 1.807) is 22.6 Å². The average molecular weight is 344 g/mol. The van der Waals surface area contributed by atoms with E-state index in [0.29, 0.717) is 19.0 Å². The van der Waals surface area contributed by atoms with E-state index < -0.39 is 10.0 Å². The molecule has 0 unspecified atom stereocenters. The third-order valence-electron chi connectivity index (χ3n) is 4.98. The van der Waals surface area contributed by atoms with E-state index in [0.717, 1.165) is 30.2 Å². The van der Waals surface area contributed by atoms with E-state index in [2.05, 4.69) is 10.2 Å². The molecule has 1 aromatic heterocycles. The zero-order valence-corrected chi connectivity index (χ0v) is 14.8. The molecular weight excluding hydrogens is 318 g/mol. The summed E-state index contributed by atoms with van der Waals surface area (Å²) in [5.41, 5.74) is 0. The molecule has 0 aromatic carbocycles. The summed E-state index contributed by atoms with van der Waals surface area (Å²) in [5.74, 6) is 1.39. The molecule has 22 heavy (non-hydrogen) atoms. The first kappa shape index (κ1) is 16.3. The summed E-state index contributed by atoms with van der Waals surface area (Å²) in [6, 6.07) is 0. The number of piperidine rings is 1. The van der Waals surface area contributed by atoms with Crippen molar-refractivity contribution < 1.29 is 8.42 Å². The summed E-state index contributed by atoms with van der Waals surface area (Å²) in [5, 5.41) is 11.0. The van der Waals surface area contributed by atoms with Gasteiger partial charge in [0, 0.05) is 25.4 Å². The van der Waals surface area contributed by atoms with Gasteiger partial charge in [0.1, 0.15) is 10.0 Å². The van der Waals surface area contributed by atoms with Crippen LogP contribution in [0.3, 0.4) is 0 Å². The highest BCUT2D eigenvalue weighted by Crippen LogP contribution is 2.33. The van der Waals surface area contributed by atoms with Gasteiger partial charge >= 0.3 is 0 Å². The van der Waals surface area contributed by atoms with E-state index in [-0.39, 0.29) is 5.75 Å². The minimum absolute atomic E-state index is 0.196. The molecule has 0 amide bonds. The van der Waals surface area contributed by atoms with Crippen LogP contribution < -0.4 is 0 Å². The minimum atomic E-state index is -3.04. The quantitative estimate of drug-likeness (QED) is 0.825. The number of nitrogens with zero attached hydrogens (tertiary/aromatic N) is 3. The highest BCUT2D eigenvalue weighted by molar-refractivity contribution is 7.89. The van der Waals surface area contributed by atoms with Gasteiger partial charge in [0.15, 0.2) is 0 Å². The van der Waals surface area contributed by atoms with Gasteiger partial charge in [-0.1, -0.05) is 25.7 Å². The molecule has 0 spiro atoms. The second-order valence-electron chi connectivity index (χ2n) is 6.46. The standard InChI is InChI=1S/C15H25N3O2S2/c1-2-22(19,20)18-9-7-13(8-10-18)15-17-16-14(21-15)11-12-5-3-4-6-12/h12-13H,2-11H2,1H3. The Kier molecular flexibility index (Phi) is 5.14. The molecule has 2 fully saturated rings. The highest BCUT2D eigenvalue weighted by Gasteiger charge is 2.29. The van der Waals surface area contributed by atoms with E-state index in [1.165, 1.54) is 30.7 Å². The van der Waals surface area contributed by atoms with Crippen molar-refractivity contribution in [2.24, 2.45) is 5.92 Å². The number of sulfonamides is 1. The van der Waals surface area contributed by atoms with Crippen LogP contribution in [0.2, 0.25) is 0 Å². The topological polar surface area (TPSA) is 63.2 Å². The van der Waals surface area contributed by atoms with Gasteiger partial charge in [0.25, 0.3) is 0 Å². The Morgan fingerprint density at radius 1 is 1.14 bits per heavy atom. The van der Waals surface area contributed by atoms with Gasteiger partial charge in [-0.05, 0) is 25.7 Å². The Morgan fingerprint density at radius 2 is 1.82 bits per heavy atom. The van der Waals surface area contributed by atoms with Gasteiger partial charge in [-0.25, -0.2) is 12.7 Å². The maximum Gasteiger partial charge on any atom is 0.213 e. The average Bonchev–Trinajstić information content (AvgIpc) is 3.20. The lowest BCUT2D eigenvalue weighted by Gasteiger charge is -2.29. The summed E-state index contributed by atoms with van der Waals surface area (Å²) in [4.78, 5) is 0. The van der Waals surface area contributed by atoms with Crippen LogP contribution in [0.15, 0.2) is 0 Å². The first-order valence-electron chi connectivity index (χ1n) is 8.38. The molecule has 0 radical (unpaired) electrons. The van der Waals surface area contributed by atoms with E-state index in [4.69, 9.17) is 0 Å². The van der Waals surface area contributed by atoms with Crippen molar-refractivity contribution in [3.63, 3.8) is 0 Å². The molecule has 5 nitrogen and oxygen atoms in total. The molecule has 2 aliphatic rings. The van der Waals surface area contributed by atoms with Crippen molar-refractivity contribution in [3.05, 3.63) is 10.0 Å². The Bertz CT molecular complexity index is 586. The van der Waals surface area contributed by atoms with E-state index in [1.807, 2.05) is 0 Å². The predicted octanol–water partition coefficient (Wildman–Crippen LogP) is 2.80. The maximum absolute atomic E-state index is 11.9. The van der Waals surface area contributed by atoms with Crippen molar-refractivity contribution in [1.29, 1.82) is 0 Å². The molecule has 124 valence electrons. The summed E-state index contributed by atoms with van der Waals surface area (Å²) in [6.07, 6.45) is 8.22. The van der Waals surface area contributed by atoms with Crippen LogP contribution in [0.4, 0.5) is 0 Å². The molecule has 0 atom stereocenters. The molecule has 1 saturated carbocycles. The SMILES string of the molecule is CCS(=O)(=O)N1CCC(c2nnc(CC3CCCC3)s2)CC1. The molecule has 3 rings (SSSR count). The fraction of sp³-hybridized carbons (Fsp3) is 0.867. The number of aromatic nitrogens is 2. The van der Waals surface area contributed by atoms with Crippen LogP contribution in [0.5, 0.6) is 0 Å². The molecule has 0 bridgehead atoms. The van der Waals surface area contributed by atoms with Gasteiger partial charge < -0.3 is 0 Å². The predicted molar refractivity (Wildman–Crippen MR) is 88.6 cm³/mol. The van der Waals surface area contributed by atoms with Gasteiger partial charge in [-0.3, -0.25) is 0 Å². The van der Waals surface area contributed by atoms with Crippen LogP contribution in [-0.4, -0.2) is 41.8 Å². The first-order valence-corrected chi connectivity index (χ1v) is 10.8. The second-order valence-corrected chi connectivity index (χ2v) is 9.81. The zero-order chi connectivity index (χ0) is 15.6. The largest absolute Gasteiger partial charge is 0.213 e. The Balaban J connectivity index is 1.56. The molecule has 1 aliphatic heterocycles. The normalized spacial score (nSPS) is 22.4. The Morgan fingerprint density at radius 3 is 2.45 bits per heavy atom. The molecule has 2 heterocycles. The second kappa shape index (κ2) is 6.93. The fourth-order valence-electron chi connectivity index (χ4n) is 3.54. The van der Waals surface area contributed by atoms with Crippen molar-refractivity contribution in [2.75, 3.05) is 18.8 Å². The van der Waals surface area contributed by atoms with Crippen LogP contribution >= 0.6 is 11.3 Å². The Labute approximate surface area is 137 Å². The zero-order valence-electron chi connectivity index (χ0n) is 13.2. The molecule has 1 saturated heterocycles. The minimum Gasteiger partial charge on any atom is -0.212 e. The fourth-order valence-corrected chi connectivity index (χ4v) is 5.80. The monoisotopic (exact) mass is 343 g/mol. The third kappa shape index (κ3) is 3.68. The van der Waals surface area contributed by atoms with Crippen LogP contribution in [-0.2, 0) is 16.4 Å². The molecule has 1 aliphatic carbocycles. The maximum atomic E-state index is 11.9. The smallest absolute Gasteiger partial charge is 0.212 e. The molecular formula is C15H25N3O2S2. The van der Waals surface area contributed by atoms with Crippen molar-refractivity contribution in [2.45, 2.75) is 57.8 Å². The van der Waals surface area contributed by atoms with Gasteiger partial charge in [0.2, 0.25) is 10.0 Å². The van der Waals surface area contributed by atoms with Gasteiger partial charge in [-0.15, -0.1) is 21.5 Å². The first-order chi connectivity index (χ1) is 10.6. The summed E-state index contributed by atoms with van der Waals surface area (Å²) >= 11 is 1.75. The van der Waals surface area contributed by atoms with Crippen LogP contribution in [0.25, 0.3) is 0 Å². The van der Waals surface area contributed by atoms with Gasteiger partial charge in [0.05, 0.1) is 5.75 Å². The number of rotatable bonds is 5. The summed E-state index contributed by atoms with van der Waals surface area (Å²) in [7, 11) is -3.04. The Hall–Kier alpha value is -0.530. The lowest BCUT2D eigenvalue weighted by Crippen LogP contribution is -2.38. The van der Waals surface area contributed by atoms with Gasteiger partial charge in [-0.2, -0.15) is 0 Å². The highest BCUT2D eigenvalue weighted by atomic mass is 32.2. The molecule has 0 N–H and O–H groups in total. The summed E-state index contributed by atoms with van der Waals surface area (Å²) < 4.78 is 25.4. The van der Waals surface area contributed by atoms with Crippen molar-refractivity contribution in [3.8, 4) is 0 Å². The number of hydrogen-bond acceptors (Lipinski definition) is 5. The lowest BCUT2D eigenvalue weighted by atomic mass is 9.99. The van der Waals surface area contributed by atoms with Crippen molar-refractivity contribution >= 4 is 21.4 Å². The lowest BCUT2D eigenvalue weighted by molar-refractivity contribution is 0.319.